The minimum absolute atomic E-state index is 0.149. The fourth-order valence-electron chi connectivity index (χ4n) is 1.07. The summed E-state index contributed by atoms with van der Waals surface area (Å²) in [5.41, 5.74) is -0.444. The smallest absolute Gasteiger partial charge is 0.299 e. The van der Waals surface area contributed by atoms with Crippen LogP contribution in [0.25, 0.3) is 0 Å². The maximum atomic E-state index is 13.1. The van der Waals surface area contributed by atoms with Crippen LogP contribution in [0.2, 0.25) is 0 Å². The third-order valence-corrected chi connectivity index (χ3v) is 1.78. The summed E-state index contributed by atoms with van der Waals surface area (Å²) in [5, 5.41) is 17.5. The van der Waals surface area contributed by atoms with Crippen LogP contribution in [0, 0.1) is 0 Å². The maximum absolute atomic E-state index is 13.1. The molecule has 0 heterocycles. The first-order chi connectivity index (χ1) is 6.51. The van der Waals surface area contributed by atoms with Gasteiger partial charge in [0.25, 0.3) is 5.92 Å². The quantitative estimate of drug-likeness (QED) is 0.784. The van der Waals surface area contributed by atoms with E-state index in [1.54, 1.807) is 0 Å². The second kappa shape index (κ2) is 3.79. The maximum Gasteiger partial charge on any atom is 0.299 e. The largest absolute Gasteiger partial charge is 0.508 e. The fourth-order valence-corrected chi connectivity index (χ4v) is 1.07. The highest BCUT2D eigenvalue weighted by atomic mass is 19.3. The fraction of sp³-hybridized carbons (Fsp3) is 0.333. The Morgan fingerprint density at radius 1 is 1.43 bits per heavy atom. The van der Waals surface area contributed by atoms with Gasteiger partial charge in [-0.3, -0.25) is 0 Å². The lowest BCUT2D eigenvalue weighted by molar-refractivity contribution is -0.0571. The first kappa shape index (κ1) is 10.7. The van der Waals surface area contributed by atoms with E-state index >= 15 is 0 Å². The summed E-state index contributed by atoms with van der Waals surface area (Å²) in [6.07, 6.45) is 0. The van der Waals surface area contributed by atoms with E-state index in [4.69, 9.17) is 10.2 Å². The number of aliphatic hydroxyl groups is 1. The zero-order valence-electron chi connectivity index (χ0n) is 7.50. The SMILES string of the molecule is COc1cc(O)ccc1C(F)(F)CO. The van der Waals surface area contributed by atoms with Crippen molar-refractivity contribution in [1.29, 1.82) is 0 Å². The van der Waals surface area contributed by atoms with Crippen LogP contribution in [-0.2, 0) is 5.92 Å². The third kappa shape index (κ3) is 1.93. The number of phenolic OH excluding ortho intramolecular Hbond substituents is 1. The van der Waals surface area contributed by atoms with E-state index < -0.39 is 18.1 Å². The summed E-state index contributed by atoms with van der Waals surface area (Å²) in [6.45, 7) is -1.30. The first-order valence-electron chi connectivity index (χ1n) is 3.87. The number of benzene rings is 1. The molecule has 0 unspecified atom stereocenters. The molecule has 14 heavy (non-hydrogen) atoms. The van der Waals surface area contributed by atoms with Gasteiger partial charge in [-0.2, -0.15) is 8.78 Å². The Balaban J connectivity index is 3.20. The molecule has 0 atom stereocenters. The minimum atomic E-state index is -3.36. The predicted molar refractivity (Wildman–Crippen MR) is 45.6 cm³/mol. The lowest BCUT2D eigenvalue weighted by Gasteiger charge is -2.16. The Bertz CT molecular complexity index is 326. The number of halogens is 2. The van der Waals surface area contributed by atoms with Crippen LogP contribution >= 0.6 is 0 Å². The Morgan fingerprint density at radius 3 is 2.57 bits per heavy atom. The van der Waals surface area contributed by atoms with Crippen LogP contribution in [0.15, 0.2) is 18.2 Å². The number of rotatable bonds is 3. The van der Waals surface area contributed by atoms with Gasteiger partial charge in [0.2, 0.25) is 0 Å². The van der Waals surface area contributed by atoms with Gasteiger partial charge in [0.1, 0.15) is 18.1 Å². The number of hydrogen-bond donors (Lipinski definition) is 2. The van der Waals surface area contributed by atoms with Gasteiger partial charge in [-0.1, -0.05) is 0 Å². The number of aliphatic hydroxyl groups excluding tert-OH is 1. The van der Waals surface area contributed by atoms with Gasteiger partial charge in [0, 0.05) is 6.07 Å². The monoisotopic (exact) mass is 204 g/mol. The van der Waals surface area contributed by atoms with Crippen molar-refractivity contribution in [2.75, 3.05) is 13.7 Å². The van der Waals surface area contributed by atoms with E-state index in [2.05, 4.69) is 4.74 Å². The van der Waals surface area contributed by atoms with Crippen molar-refractivity contribution in [1.82, 2.24) is 0 Å². The van der Waals surface area contributed by atoms with Gasteiger partial charge in [0.05, 0.1) is 12.7 Å². The minimum Gasteiger partial charge on any atom is -0.508 e. The average molecular weight is 204 g/mol. The van der Waals surface area contributed by atoms with Crippen LogP contribution in [0.4, 0.5) is 8.78 Å². The Morgan fingerprint density at radius 2 is 2.07 bits per heavy atom. The summed E-state index contributed by atoms with van der Waals surface area (Å²) in [5.74, 6) is -3.68. The van der Waals surface area contributed by atoms with Gasteiger partial charge >= 0.3 is 0 Å². The van der Waals surface area contributed by atoms with E-state index in [0.717, 1.165) is 18.2 Å². The van der Waals surface area contributed by atoms with Crippen LogP contribution in [0.3, 0.4) is 0 Å². The number of hydrogen-bond acceptors (Lipinski definition) is 3. The molecule has 0 bridgehead atoms. The molecule has 0 saturated carbocycles. The molecule has 0 amide bonds. The molecule has 1 aromatic carbocycles. The van der Waals surface area contributed by atoms with Crippen molar-refractivity contribution in [3.05, 3.63) is 23.8 Å². The summed E-state index contributed by atoms with van der Waals surface area (Å²) in [7, 11) is 1.21. The molecule has 0 radical (unpaired) electrons. The van der Waals surface area contributed by atoms with Gasteiger partial charge in [-0.05, 0) is 12.1 Å². The van der Waals surface area contributed by atoms with E-state index in [9.17, 15) is 8.78 Å². The van der Waals surface area contributed by atoms with Crippen LogP contribution in [-0.4, -0.2) is 23.9 Å². The van der Waals surface area contributed by atoms with Crippen LogP contribution in [0.5, 0.6) is 11.5 Å². The molecule has 2 N–H and O–H groups in total. The van der Waals surface area contributed by atoms with E-state index in [0.29, 0.717) is 0 Å². The highest BCUT2D eigenvalue weighted by Gasteiger charge is 2.33. The molecular formula is C9H10F2O3. The summed E-state index contributed by atoms with van der Waals surface area (Å²) >= 11 is 0. The molecule has 0 saturated heterocycles. The Labute approximate surface area is 79.6 Å². The van der Waals surface area contributed by atoms with Crippen LogP contribution in [0.1, 0.15) is 5.56 Å². The average Bonchev–Trinajstić information content (AvgIpc) is 2.17. The number of aromatic hydroxyl groups is 1. The van der Waals surface area contributed by atoms with Crippen molar-refractivity contribution in [3.63, 3.8) is 0 Å². The molecule has 1 rings (SSSR count). The summed E-state index contributed by atoms with van der Waals surface area (Å²) in [6, 6.07) is 3.20. The van der Waals surface area contributed by atoms with Crippen molar-refractivity contribution in [2.24, 2.45) is 0 Å². The summed E-state index contributed by atoms with van der Waals surface area (Å²) < 4.78 is 30.8. The molecule has 3 nitrogen and oxygen atoms in total. The van der Waals surface area contributed by atoms with E-state index in [1.807, 2.05) is 0 Å². The molecule has 78 valence electrons. The van der Waals surface area contributed by atoms with Gasteiger partial charge in [-0.15, -0.1) is 0 Å². The van der Waals surface area contributed by atoms with Crippen molar-refractivity contribution < 1.29 is 23.7 Å². The highest BCUT2D eigenvalue weighted by molar-refractivity contribution is 5.42. The van der Waals surface area contributed by atoms with Crippen LogP contribution < -0.4 is 4.74 Å². The molecule has 5 heteroatoms. The van der Waals surface area contributed by atoms with E-state index in [1.165, 1.54) is 7.11 Å². The summed E-state index contributed by atoms with van der Waals surface area (Å²) in [4.78, 5) is 0. The number of alkyl halides is 2. The highest BCUT2D eigenvalue weighted by Crippen LogP contribution is 2.36. The molecule has 0 aromatic heterocycles. The number of ether oxygens (including phenoxy) is 1. The molecule has 0 aliphatic carbocycles. The standard InChI is InChI=1S/C9H10F2O3/c1-14-8-4-6(13)2-3-7(8)9(10,11)5-12/h2-4,12-13H,5H2,1H3. The number of phenols is 1. The zero-order valence-corrected chi connectivity index (χ0v) is 7.50. The zero-order chi connectivity index (χ0) is 10.8. The van der Waals surface area contributed by atoms with E-state index in [-0.39, 0.29) is 11.5 Å². The molecule has 0 fully saturated rings. The van der Waals surface area contributed by atoms with Gasteiger partial charge < -0.3 is 14.9 Å². The molecule has 0 aliphatic heterocycles. The topological polar surface area (TPSA) is 49.7 Å². The Hall–Kier alpha value is -1.36. The van der Waals surface area contributed by atoms with Crippen molar-refractivity contribution >= 4 is 0 Å². The number of methoxy groups -OCH3 is 1. The lowest BCUT2D eigenvalue weighted by atomic mass is 10.1. The Kier molecular flexibility index (Phi) is 2.90. The third-order valence-electron chi connectivity index (χ3n) is 1.78. The molecular weight excluding hydrogens is 194 g/mol. The van der Waals surface area contributed by atoms with Gasteiger partial charge in [0.15, 0.2) is 0 Å². The first-order valence-corrected chi connectivity index (χ1v) is 3.87. The second-order valence-electron chi connectivity index (χ2n) is 2.75. The van der Waals surface area contributed by atoms with Gasteiger partial charge in [-0.25, -0.2) is 0 Å². The normalized spacial score (nSPS) is 11.4. The predicted octanol–water partition coefficient (Wildman–Crippen LogP) is 1.48. The van der Waals surface area contributed by atoms with Crippen molar-refractivity contribution in [3.8, 4) is 11.5 Å². The lowest BCUT2D eigenvalue weighted by Crippen LogP contribution is -2.19. The molecule has 0 spiro atoms. The molecule has 0 aliphatic rings. The molecule has 1 aromatic rings. The van der Waals surface area contributed by atoms with Crippen molar-refractivity contribution in [2.45, 2.75) is 5.92 Å². The second-order valence-corrected chi connectivity index (χ2v) is 2.75.